The number of carboxylic acid groups (broad SMARTS) is 1. The van der Waals surface area contributed by atoms with Crippen molar-refractivity contribution in [1.29, 1.82) is 0 Å². The Balaban J connectivity index is 3.20. The number of hydrogen-bond donors (Lipinski definition) is 4. The van der Waals surface area contributed by atoms with Gasteiger partial charge in [-0.2, -0.15) is 0 Å². The van der Waals surface area contributed by atoms with Gasteiger partial charge in [0.1, 0.15) is 0 Å². The molecule has 0 aromatic heterocycles. The molecule has 0 aliphatic rings. The number of hydrogen-bond acceptors (Lipinski definition) is 3. The van der Waals surface area contributed by atoms with Gasteiger partial charge in [0, 0.05) is 18.7 Å². The summed E-state index contributed by atoms with van der Waals surface area (Å²) < 4.78 is 0. The highest BCUT2D eigenvalue weighted by Crippen LogP contribution is 2.28. The predicted molar refractivity (Wildman–Crippen MR) is 79.7 cm³/mol. The van der Waals surface area contributed by atoms with Gasteiger partial charge in [-0.3, -0.25) is 4.79 Å². The molecule has 0 spiro atoms. The van der Waals surface area contributed by atoms with Gasteiger partial charge in [-0.05, 0) is 38.5 Å². The Morgan fingerprint density at radius 1 is 1.14 bits per heavy atom. The molecule has 21 heavy (non-hydrogen) atoms. The van der Waals surface area contributed by atoms with Gasteiger partial charge in [-0.15, -0.1) is 0 Å². The molecule has 114 valence electrons. The zero-order valence-corrected chi connectivity index (χ0v) is 12.4. The number of amides is 3. The SMILES string of the molecule is CC(=O)Nc1ccc(C(=O)O)c(NC(=O)NC(C)C)c1C. The van der Waals surface area contributed by atoms with E-state index < -0.39 is 12.0 Å². The molecular weight excluding hydrogens is 274 g/mol. The summed E-state index contributed by atoms with van der Waals surface area (Å²) in [4.78, 5) is 34.2. The molecule has 0 aliphatic carbocycles. The zero-order chi connectivity index (χ0) is 16.2. The Hall–Kier alpha value is -2.57. The molecule has 1 aromatic carbocycles. The summed E-state index contributed by atoms with van der Waals surface area (Å²) in [5.74, 6) is -1.44. The second-order valence-corrected chi connectivity index (χ2v) is 4.90. The smallest absolute Gasteiger partial charge is 0.337 e. The number of anilines is 2. The van der Waals surface area contributed by atoms with Crippen molar-refractivity contribution >= 4 is 29.3 Å². The van der Waals surface area contributed by atoms with Crippen LogP contribution in [0.4, 0.5) is 16.2 Å². The number of carbonyl (C=O) groups excluding carboxylic acids is 2. The van der Waals surface area contributed by atoms with Crippen molar-refractivity contribution in [3.05, 3.63) is 23.3 Å². The molecule has 0 radical (unpaired) electrons. The number of aromatic carboxylic acids is 1. The third-order valence-electron chi connectivity index (χ3n) is 2.66. The van der Waals surface area contributed by atoms with Crippen LogP contribution >= 0.6 is 0 Å². The molecule has 0 saturated carbocycles. The zero-order valence-electron chi connectivity index (χ0n) is 12.4. The minimum Gasteiger partial charge on any atom is -0.478 e. The lowest BCUT2D eigenvalue weighted by Gasteiger charge is -2.17. The molecule has 0 heterocycles. The van der Waals surface area contributed by atoms with Crippen LogP contribution in [-0.2, 0) is 4.79 Å². The Kier molecular flexibility index (Phi) is 5.29. The maximum atomic E-state index is 11.8. The average Bonchev–Trinajstić information content (AvgIpc) is 2.32. The Bertz CT molecular complexity index is 582. The average molecular weight is 293 g/mol. The quantitative estimate of drug-likeness (QED) is 0.682. The van der Waals surface area contributed by atoms with Crippen LogP contribution in [0.25, 0.3) is 0 Å². The van der Waals surface area contributed by atoms with Gasteiger partial charge in [0.15, 0.2) is 0 Å². The predicted octanol–water partition coefficient (Wildman–Crippen LogP) is 2.18. The van der Waals surface area contributed by atoms with Crippen LogP contribution in [0.15, 0.2) is 12.1 Å². The molecule has 0 saturated heterocycles. The highest BCUT2D eigenvalue weighted by Gasteiger charge is 2.18. The van der Waals surface area contributed by atoms with E-state index in [0.717, 1.165) is 0 Å². The fourth-order valence-corrected chi connectivity index (χ4v) is 1.79. The number of benzene rings is 1. The van der Waals surface area contributed by atoms with Gasteiger partial charge in [-0.1, -0.05) is 0 Å². The molecule has 0 fully saturated rings. The van der Waals surface area contributed by atoms with Crippen LogP contribution in [0, 0.1) is 6.92 Å². The summed E-state index contributed by atoms with van der Waals surface area (Å²) in [5, 5.41) is 16.9. The van der Waals surface area contributed by atoms with E-state index in [1.54, 1.807) is 20.8 Å². The first-order valence-corrected chi connectivity index (χ1v) is 6.44. The minimum absolute atomic E-state index is 0.0412. The molecular formula is C14H19N3O4. The highest BCUT2D eigenvalue weighted by atomic mass is 16.4. The molecule has 7 nitrogen and oxygen atoms in total. The van der Waals surface area contributed by atoms with Gasteiger partial charge >= 0.3 is 12.0 Å². The molecule has 7 heteroatoms. The Labute approximate surface area is 122 Å². The summed E-state index contributed by atoms with van der Waals surface area (Å²) in [7, 11) is 0. The summed E-state index contributed by atoms with van der Waals surface area (Å²) in [6.07, 6.45) is 0. The van der Waals surface area contributed by atoms with Gasteiger partial charge < -0.3 is 21.1 Å². The lowest BCUT2D eigenvalue weighted by atomic mass is 10.1. The topological polar surface area (TPSA) is 108 Å². The third-order valence-corrected chi connectivity index (χ3v) is 2.66. The standard InChI is InChI=1S/C14H19N3O4/c1-7(2)15-14(21)17-12-8(3)11(16-9(4)18)6-5-10(12)13(19)20/h5-7H,1-4H3,(H,16,18)(H,19,20)(H2,15,17,21). The third kappa shape index (κ3) is 4.48. The maximum absolute atomic E-state index is 11.8. The van der Waals surface area contributed by atoms with E-state index in [4.69, 9.17) is 0 Å². The maximum Gasteiger partial charge on any atom is 0.337 e. The van der Waals surface area contributed by atoms with Crippen molar-refractivity contribution in [3.63, 3.8) is 0 Å². The van der Waals surface area contributed by atoms with Crippen molar-refractivity contribution < 1.29 is 19.5 Å². The first-order valence-electron chi connectivity index (χ1n) is 6.44. The van der Waals surface area contributed by atoms with Crippen LogP contribution in [0.2, 0.25) is 0 Å². The molecule has 0 bridgehead atoms. The molecule has 1 aromatic rings. The van der Waals surface area contributed by atoms with Crippen molar-refractivity contribution in [2.45, 2.75) is 33.7 Å². The van der Waals surface area contributed by atoms with Gasteiger partial charge in [0.2, 0.25) is 5.91 Å². The first kappa shape index (κ1) is 16.5. The van der Waals surface area contributed by atoms with Crippen molar-refractivity contribution in [2.24, 2.45) is 0 Å². The fraction of sp³-hybridized carbons (Fsp3) is 0.357. The molecule has 3 amide bonds. The summed E-state index contributed by atoms with van der Waals surface area (Å²) in [5.41, 5.74) is 1.05. The number of urea groups is 1. The van der Waals surface area contributed by atoms with Crippen LogP contribution in [0.1, 0.15) is 36.7 Å². The molecule has 0 unspecified atom stereocenters. The molecule has 4 N–H and O–H groups in total. The molecule has 0 aliphatic heterocycles. The van der Waals surface area contributed by atoms with Crippen LogP contribution in [0.5, 0.6) is 0 Å². The summed E-state index contributed by atoms with van der Waals surface area (Å²) in [6.45, 7) is 6.56. The number of carboxylic acids is 1. The summed E-state index contributed by atoms with van der Waals surface area (Å²) >= 11 is 0. The van der Waals surface area contributed by atoms with Crippen molar-refractivity contribution in [3.8, 4) is 0 Å². The minimum atomic E-state index is -1.16. The van der Waals surface area contributed by atoms with Crippen molar-refractivity contribution in [2.75, 3.05) is 10.6 Å². The molecule has 0 atom stereocenters. The number of carbonyl (C=O) groups is 3. The summed E-state index contributed by atoms with van der Waals surface area (Å²) in [6, 6.07) is 2.24. The van der Waals surface area contributed by atoms with Crippen LogP contribution in [-0.4, -0.2) is 29.1 Å². The van der Waals surface area contributed by atoms with Crippen LogP contribution < -0.4 is 16.0 Å². The van der Waals surface area contributed by atoms with E-state index >= 15 is 0 Å². The van der Waals surface area contributed by atoms with E-state index in [2.05, 4.69) is 16.0 Å². The fourth-order valence-electron chi connectivity index (χ4n) is 1.79. The Morgan fingerprint density at radius 2 is 1.76 bits per heavy atom. The lowest BCUT2D eigenvalue weighted by Crippen LogP contribution is -2.34. The van der Waals surface area contributed by atoms with E-state index in [9.17, 15) is 19.5 Å². The largest absolute Gasteiger partial charge is 0.478 e. The van der Waals surface area contributed by atoms with Gasteiger partial charge in [0.25, 0.3) is 0 Å². The van der Waals surface area contributed by atoms with E-state index in [1.807, 2.05) is 0 Å². The monoisotopic (exact) mass is 293 g/mol. The lowest BCUT2D eigenvalue weighted by molar-refractivity contribution is -0.114. The number of rotatable bonds is 4. The first-order chi connectivity index (χ1) is 9.72. The normalized spacial score (nSPS) is 10.1. The number of nitrogens with one attached hydrogen (secondary N) is 3. The second kappa shape index (κ2) is 6.74. The van der Waals surface area contributed by atoms with Crippen molar-refractivity contribution in [1.82, 2.24) is 5.32 Å². The second-order valence-electron chi connectivity index (χ2n) is 4.90. The molecule has 1 rings (SSSR count). The van der Waals surface area contributed by atoms with E-state index in [0.29, 0.717) is 11.3 Å². The van der Waals surface area contributed by atoms with Gasteiger partial charge in [-0.25, -0.2) is 9.59 Å². The van der Waals surface area contributed by atoms with Crippen LogP contribution in [0.3, 0.4) is 0 Å². The van der Waals surface area contributed by atoms with E-state index in [-0.39, 0.29) is 23.2 Å². The van der Waals surface area contributed by atoms with E-state index in [1.165, 1.54) is 19.1 Å². The van der Waals surface area contributed by atoms with Gasteiger partial charge in [0.05, 0.1) is 11.3 Å². The highest BCUT2D eigenvalue weighted by molar-refractivity contribution is 6.03. The Morgan fingerprint density at radius 3 is 2.24 bits per heavy atom.